The first-order valence-corrected chi connectivity index (χ1v) is 48.8. The summed E-state index contributed by atoms with van der Waals surface area (Å²) in [5.41, 5.74) is 33.8. The standard InChI is InChI=1S/C22H26N2O.C14H31N3O.C12H27N3O.C10H23N.C9H20.C8H19N.C8H18O.2C8H18.C6H15N/c1-22(2,3)14-8-9-15-23-21(25)20-16-10-4-6-12-18(16)24-19-13-7-5-11-17(19)20;1-14(2,3)9-5-7-11-17-13(18)12(16)8-4-6-10-15;1-12(2,3)7-9-15-11(16)10(14)6-4-5-8-13;1-10(2,3)8-6-4-5-7-9-11;1-5-6-7-8-9(2,3)4;2*1-8(2,3)6-4-5-7-9;2*1-6-7(2)8(3,4)5;1-6(2,3)4-5-7/h4-7,10-13H,8-9,14-15H2,1-3H3,(H,23,25);12H,4-11,15-16H2,1-3H3,(H,17,18);10H,4-9,13-14H2,1-3H3,(H,15,16);4-9,11H2,1-3H3;5-8H2,1-4H3;4-7,9H2,1-3H3;9H,4-7H2,1-3H3;2*7H,6H2,1-5H3;4-5,7H2,1-3H3/p+7/t;12-;10-;;;;;2*7-;/m.11....10./s1. The van der Waals surface area contributed by atoms with Crippen molar-refractivity contribution in [2.24, 2.45) is 66.0 Å². The van der Waals surface area contributed by atoms with Crippen molar-refractivity contribution >= 4 is 39.5 Å². The Balaban J connectivity index is -0.000000244. The third-order valence-electron chi connectivity index (χ3n) is 21.5. The summed E-state index contributed by atoms with van der Waals surface area (Å²) in [7, 11) is 0. The minimum atomic E-state index is -0.105. The molecule has 3 amide bonds. The highest BCUT2D eigenvalue weighted by atomic mass is 16.3. The van der Waals surface area contributed by atoms with Gasteiger partial charge in [-0.25, -0.2) is 4.98 Å². The number of aromatic nitrogens is 1. The molecule has 2 aromatic carbocycles. The van der Waals surface area contributed by atoms with Crippen molar-refractivity contribution in [2.75, 3.05) is 59.0 Å². The summed E-state index contributed by atoms with van der Waals surface area (Å²) in [5.74, 6) is 1.89. The second-order valence-corrected chi connectivity index (χ2v) is 46.5. The number of amides is 3. The third-order valence-corrected chi connectivity index (χ3v) is 21.5. The van der Waals surface area contributed by atoms with Gasteiger partial charge in [-0.15, -0.1) is 0 Å². The molecule has 15 heteroatoms. The normalized spacial score (nSPS) is 12.9. The van der Waals surface area contributed by atoms with Gasteiger partial charge in [0.2, 0.25) is 0 Å². The molecule has 15 nitrogen and oxygen atoms in total. The summed E-state index contributed by atoms with van der Waals surface area (Å²) in [5, 5.41) is 19.3. The zero-order valence-electron chi connectivity index (χ0n) is 87.8. The van der Waals surface area contributed by atoms with Crippen molar-refractivity contribution in [2.45, 2.75) is 453 Å². The lowest BCUT2D eigenvalue weighted by atomic mass is 9.81. The van der Waals surface area contributed by atoms with E-state index in [0.717, 1.165) is 162 Å². The maximum absolute atomic E-state index is 12.9. The number of hydrogen-bond acceptors (Lipinski definition) is 5. The number of aliphatic hydroxyl groups excluding tert-OH is 1. The molecule has 0 aliphatic rings. The molecule has 0 aliphatic carbocycles. The zero-order chi connectivity index (χ0) is 94.7. The molecule has 0 bridgehead atoms. The first-order valence-electron chi connectivity index (χ1n) is 48.8. The van der Waals surface area contributed by atoms with Gasteiger partial charge >= 0.3 is 0 Å². The zero-order valence-corrected chi connectivity index (χ0v) is 87.8. The van der Waals surface area contributed by atoms with E-state index in [1.165, 1.54) is 122 Å². The number of carbonyl (C=O) groups excluding carboxylic acids is 3. The Labute approximate surface area is 748 Å². The van der Waals surface area contributed by atoms with Gasteiger partial charge < -0.3 is 61.2 Å². The van der Waals surface area contributed by atoms with Gasteiger partial charge in [0.15, 0.2) is 12.1 Å². The van der Waals surface area contributed by atoms with Crippen LogP contribution in [0.5, 0.6) is 0 Å². The van der Waals surface area contributed by atoms with Gasteiger partial charge in [0.05, 0.1) is 49.3 Å². The molecule has 1 heterocycles. The molecule has 714 valence electrons. The minimum absolute atomic E-state index is 0.00874. The minimum Gasteiger partial charge on any atom is -0.396 e. The van der Waals surface area contributed by atoms with Crippen molar-refractivity contribution < 1.29 is 59.6 Å². The number of fused-ring (bicyclic) bond motifs is 2. The topological polar surface area (TPSA) is 314 Å². The van der Waals surface area contributed by atoms with Gasteiger partial charge in [-0.3, -0.25) is 14.4 Å². The highest BCUT2D eigenvalue weighted by molar-refractivity contribution is 6.16. The smallest absolute Gasteiger partial charge is 0.278 e. The summed E-state index contributed by atoms with van der Waals surface area (Å²) in [6, 6.07) is 15.5. The van der Waals surface area contributed by atoms with Crippen molar-refractivity contribution in [3.63, 3.8) is 0 Å². The van der Waals surface area contributed by atoms with Crippen LogP contribution in [0, 0.1) is 66.0 Å². The summed E-state index contributed by atoms with van der Waals surface area (Å²) >= 11 is 0. The molecule has 0 saturated heterocycles. The van der Waals surface area contributed by atoms with Crippen LogP contribution >= 0.6 is 0 Å². The van der Waals surface area contributed by atoms with Crippen molar-refractivity contribution in [3.8, 4) is 0 Å². The first-order chi connectivity index (χ1) is 55.0. The summed E-state index contributed by atoms with van der Waals surface area (Å²) < 4.78 is 0. The second kappa shape index (κ2) is 72.3. The van der Waals surface area contributed by atoms with E-state index in [2.05, 4.69) is 303 Å². The van der Waals surface area contributed by atoms with E-state index in [-0.39, 0.29) is 35.2 Å². The van der Waals surface area contributed by atoms with Crippen LogP contribution in [0.2, 0.25) is 0 Å². The fraction of sp³-hybridized carbons (Fsp3) is 0.848. The molecular formula is C105H222N11O4+7. The van der Waals surface area contributed by atoms with Gasteiger partial charge in [-0.1, -0.05) is 343 Å². The second-order valence-electron chi connectivity index (χ2n) is 46.5. The highest BCUT2D eigenvalue weighted by Crippen LogP contribution is 2.31. The molecule has 3 rings (SSSR count). The van der Waals surface area contributed by atoms with E-state index in [1.807, 2.05) is 48.5 Å². The molecule has 4 atom stereocenters. The van der Waals surface area contributed by atoms with Crippen LogP contribution in [0.1, 0.15) is 452 Å². The molecule has 3 aromatic rings. The van der Waals surface area contributed by atoms with Crippen molar-refractivity contribution in [1.29, 1.82) is 0 Å². The van der Waals surface area contributed by atoms with Crippen LogP contribution in [-0.2, 0) is 9.59 Å². The lowest BCUT2D eigenvalue weighted by Gasteiger charge is -2.25. The number of nitrogens with one attached hydrogen (secondary N) is 3. The van der Waals surface area contributed by atoms with Crippen LogP contribution in [0.15, 0.2) is 48.5 Å². The number of hydrogen-bond donors (Lipinski definition) is 11. The Morgan fingerprint density at radius 3 is 0.892 bits per heavy atom. The van der Waals surface area contributed by atoms with E-state index in [9.17, 15) is 14.4 Å². The Hall–Kier alpha value is -3.80. The van der Waals surface area contributed by atoms with Gasteiger partial charge in [0.1, 0.15) is 0 Å². The molecule has 0 saturated carbocycles. The number of aliphatic hydroxyl groups is 1. The fourth-order valence-electron chi connectivity index (χ4n) is 11.8. The van der Waals surface area contributed by atoms with Crippen LogP contribution in [0.3, 0.4) is 0 Å². The largest absolute Gasteiger partial charge is 0.396 e. The number of unbranched alkanes of at least 4 members (excludes halogenated alkanes) is 11. The van der Waals surface area contributed by atoms with E-state index < -0.39 is 0 Å². The SMILES string of the molecule is CC(C)(C)CCCCCC[NH3+].CC(C)(C)CCCCNC(=O)[C@H]([NH3+])CCCC[NH3+].CC(C)(C)CCCCNC(=O)c1c2ccccc2nc2ccccc12.CC(C)(C)CCCCO.CC(C)(C)CCCC[NH3+].CC(C)(C)CCNC(=O)[C@H]([NH3+])CCCC[NH3+].CC(C)(C)CC[NH3+].CCCCCC(C)(C)C.CC[C@@H](C)C(C)(C)C.CC[C@H](C)C(C)(C)C. The molecule has 0 radical (unpaired) electrons. The van der Waals surface area contributed by atoms with Gasteiger partial charge in [-0.05, 0) is 194 Å². The maximum Gasteiger partial charge on any atom is 0.278 e. The highest BCUT2D eigenvalue weighted by Gasteiger charge is 2.22. The summed E-state index contributed by atoms with van der Waals surface area (Å²) in [6.07, 6.45) is 37.2. The van der Waals surface area contributed by atoms with E-state index in [4.69, 9.17) is 5.11 Å². The van der Waals surface area contributed by atoms with Gasteiger partial charge in [-0.2, -0.15) is 0 Å². The number of nitrogens with zero attached hydrogens (tertiary/aromatic N) is 1. The molecule has 0 aliphatic heterocycles. The Bertz CT molecular complexity index is 2700. The number of rotatable bonds is 38. The van der Waals surface area contributed by atoms with Crippen LogP contribution in [-0.4, -0.2) is 98.9 Å². The number of para-hydroxylation sites is 2. The average molecular weight is 1700 g/mol. The fourth-order valence-corrected chi connectivity index (χ4v) is 11.8. The molecular weight excluding hydrogens is 1480 g/mol. The first kappa shape index (κ1) is 129. The molecule has 25 N–H and O–H groups in total. The van der Waals surface area contributed by atoms with Crippen molar-refractivity contribution in [1.82, 2.24) is 20.9 Å². The predicted molar refractivity (Wildman–Crippen MR) is 530 cm³/mol. The van der Waals surface area contributed by atoms with Crippen LogP contribution < -0.4 is 56.1 Å². The van der Waals surface area contributed by atoms with E-state index in [1.54, 1.807) is 0 Å². The van der Waals surface area contributed by atoms with Crippen molar-refractivity contribution in [3.05, 3.63) is 54.1 Å². The molecule has 120 heavy (non-hydrogen) atoms. The van der Waals surface area contributed by atoms with Gasteiger partial charge in [0.25, 0.3) is 17.7 Å². The van der Waals surface area contributed by atoms with E-state index in [0.29, 0.717) is 61.9 Å². The quantitative estimate of drug-likeness (QED) is 0.0196. The van der Waals surface area contributed by atoms with Crippen LogP contribution in [0.25, 0.3) is 21.8 Å². The lowest BCUT2D eigenvalue weighted by Crippen LogP contribution is -2.67. The van der Waals surface area contributed by atoms with Crippen LogP contribution in [0.4, 0.5) is 0 Å². The number of carbonyl (C=O) groups is 3. The molecule has 1 aromatic heterocycles. The Kier molecular flexibility index (Phi) is 77.9. The lowest BCUT2D eigenvalue weighted by molar-refractivity contribution is -0.406. The predicted octanol–water partition coefficient (Wildman–Crippen LogP) is 21.5. The Morgan fingerprint density at radius 2 is 0.608 bits per heavy atom. The summed E-state index contributed by atoms with van der Waals surface area (Å²) in [6.45, 7) is 87.0. The number of quaternary nitrogens is 7. The Morgan fingerprint density at radius 1 is 0.333 bits per heavy atom. The number of pyridine rings is 1. The summed E-state index contributed by atoms with van der Waals surface area (Å²) in [4.78, 5) is 40.9. The van der Waals surface area contributed by atoms with E-state index >= 15 is 0 Å². The monoisotopic (exact) mass is 1700 g/mol. The molecule has 0 fully saturated rings. The van der Waals surface area contributed by atoms with Gasteiger partial charge in [0, 0.05) is 56.3 Å². The average Bonchev–Trinajstić information content (AvgIpc) is 0.769. The number of benzene rings is 2. The maximum atomic E-state index is 12.9. The molecule has 0 unspecified atom stereocenters. The third kappa shape index (κ3) is 96.4. The molecule has 0 spiro atoms.